The van der Waals surface area contributed by atoms with Crippen LogP contribution in [0.4, 0.5) is 0 Å². The predicted octanol–water partition coefficient (Wildman–Crippen LogP) is 10.4. The molecule has 0 saturated heterocycles. The summed E-state index contributed by atoms with van der Waals surface area (Å²) < 4.78 is 2.26. The second-order valence-corrected chi connectivity index (χ2v) is 12.3. The molecule has 1 aliphatic rings. The summed E-state index contributed by atoms with van der Waals surface area (Å²) in [6, 6.07) is 49.8. The molecule has 0 radical (unpaired) electrons. The molecule has 2 aromatic heterocycles. The molecule has 8 aromatic rings. The van der Waals surface area contributed by atoms with E-state index in [0.29, 0.717) is 5.95 Å². The maximum atomic E-state index is 5.34. The molecule has 0 N–H and O–H groups in total. The van der Waals surface area contributed by atoms with Crippen molar-refractivity contribution in [2.24, 2.45) is 0 Å². The van der Waals surface area contributed by atoms with Crippen LogP contribution < -0.4 is 0 Å². The smallest absolute Gasteiger partial charge is 0.235 e. The van der Waals surface area contributed by atoms with Crippen molar-refractivity contribution in [2.45, 2.75) is 19.3 Å². The van der Waals surface area contributed by atoms with Gasteiger partial charge in [0.25, 0.3) is 0 Å². The molecule has 6 aromatic carbocycles. The number of fused-ring (bicyclic) bond motifs is 7. The minimum Gasteiger partial charge on any atom is -0.278 e. The van der Waals surface area contributed by atoms with Crippen LogP contribution in [0, 0.1) is 0 Å². The fourth-order valence-corrected chi connectivity index (χ4v) is 7.21. The molecule has 2 heterocycles. The van der Waals surface area contributed by atoms with E-state index in [1.807, 2.05) is 0 Å². The zero-order chi connectivity index (χ0) is 29.4. The number of aromatic nitrogens is 3. The molecule has 0 bridgehead atoms. The molecule has 0 atom stereocenters. The van der Waals surface area contributed by atoms with Gasteiger partial charge in [-0.3, -0.25) is 4.57 Å². The molecule has 3 nitrogen and oxygen atoms in total. The first-order chi connectivity index (χ1) is 21.6. The van der Waals surface area contributed by atoms with Crippen molar-refractivity contribution in [3.05, 3.63) is 151 Å². The molecule has 0 saturated carbocycles. The summed E-state index contributed by atoms with van der Waals surface area (Å²) in [6.45, 7) is 4.67. The lowest BCUT2D eigenvalue weighted by Gasteiger charge is -2.21. The Kier molecular flexibility index (Phi) is 5.24. The second kappa shape index (κ2) is 9.23. The summed E-state index contributed by atoms with van der Waals surface area (Å²) in [6.07, 6.45) is 0. The highest BCUT2D eigenvalue weighted by Crippen LogP contribution is 2.50. The normalized spacial score (nSPS) is 13.4. The highest BCUT2D eigenvalue weighted by atomic mass is 15.2. The fourth-order valence-electron chi connectivity index (χ4n) is 7.21. The first kappa shape index (κ1) is 25.0. The van der Waals surface area contributed by atoms with Crippen molar-refractivity contribution in [1.82, 2.24) is 14.5 Å². The van der Waals surface area contributed by atoms with Crippen molar-refractivity contribution in [3.8, 4) is 39.5 Å². The van der Waals surface area contributed by atoms with E-state index in [0.717, 1.165) is 33.2 Å². The van der Waals surface area contributed by atoms with Crippen molar-refractivity contribution in [1.29, 1.82) is 0 Å². The van der Waals surface area contributed by atoms with Crippen LogP contribution in [-0.4, -0.2) is 14.5 Å². The van der Waals surface area contributed by atoms with Gasteiger partial charge in [0.2, 0.25) is 5.95 Å². The van der Waals surface area contributed by atoms with Gasteiger partial charge >= 0.3 is 0 Å². The number of hydrogen-bond acceptors (Lipinski definition) is 2. The third kappa shape index (κ3) is 3.56. The van der Waals surface area contributed by atoms with Gasteiger partial charge in [0.1, 0.15) is 0 Å². The number of para-hydroxylation sites is 2. The zero-order valence-corrected chi connectivity index (χ0v) is 24.6. The molecule has 208 valence electrons. The number of nitrogens with zero attached hydrogens (tertiary/aromatic N) is 3. The summed E-state index contributed by atoms with van der Waals surface area (Å²) in [5.41, 5.74) is 12.8. The Labute approximate surface area is 256 Å². The van der Waals surface area contributed by atoms with Crippen LogP contribution in [0.5, 0.6) is 0 Å². The van der Waals surface area contributed by atoms with Crippen molar-refractivity contribution >= 4 is 32.7 Å². The third-order valence-electron chi connectivity index (χ3n) is 9.43. The van der Waals surface area contributed by atoms with Crippen LogP contribution in [0.25, 0.3) is 72.2 Å². The van der Waals surface area contributed by atoms with Crippen molar-refractivity contribution in [2.75, 3.05) is 0 Å². The van der Waals surface area contributed by atoms with Crippen molar-refractivity contribution in [3.63, 3.8) is 0 Å². The van der Waals surface area contributed by atoms with Gasteiger partial charge < -0.3 is 0 Å². The Hall–Kier alpha value is -5.54. The molecule has 0 fully saturated rings. The van der Waals surface area contributed by atoms with Crippen LogP contribution in [0.2, 0.25) is 0 Å². The van der Waals surface area contributed by atoms with Gasteiger partial charge in [0.15, 0.2) is 0 Å². The summed E-state index contributed by atoms with van der Waals surface area (Å²) in [4.78, 5) is 10.5. The van der Waals surface area contributed by atoms with Gasteiger partial charge in [-0.05, 0) is 57.6 Å². The second-order valence-electron chi connectivity index (χ2n) is 12.3. The maximum Gasteiger partial charge on any atom is 0.235 e. The average molecular weight is 564 g/mol. The topological polar surface area (TPSA) is 30.7 Å². The van der Waals surface area contributed by atoms with Crippen LogP contribution >= 0.6 is 0 Å². The van der Waals surface area contributed by atoms with Crippen LogP contribution in [0.1, 0.15) is 25.0 Å². The minimum atomic E-state index is -0.0999. The summed E-state index contributed by atoms with van der Waals surface area (Å²) in [7, 11) is 0. The third-order valence-corrected chi connectivity index (χ3v) is 9.43. The maximum absolute atomic E-state index is 5.34. The van der Waals surface area contributed by atoms with E-state index in [2.05, 4.69) is 158 Å². The van der Waals surface area contributed by atoms with Crippen LogP contribution in [-0.2, 0) is 5.41 Å². The van der Waals surface area contributed by atoms with E-state index < -0.39 is 0 Å². The van der Waals surface area contributed by atoms with E-state index in [-0.39, 0.29) is 5.41 Å². The Bertz CT molecular complexity index is 2400. The highest BCUT2D eigenvalue weighted by molar-refractivity contribution is 6.11. The van der Waals surface area contributed by atoms with Crippen molar-refractivity contribution < 1.29 is 0 Å². The summed E-state index contributed by atoms with van der Waals surface area (Å²) >= 11 is 0. The largest absolute Gasteiger partial charge is 0.278 e. The van der Waals surface area contributed by atoms with E-state index in [1.54, 1.807) is 0 Å². The van der Waals surface area contributed by atoms with E-state index in [9.17, 15) is 0 Å². The van der Waals surface area contributed by atoms with Gasteiger partial charge in [-0.1, -0.05) is 129 Å². The first-order valence-corrected chi connectivity index (χ1v) is 15.2. The molecular formula is C41H29N3. The predicted molar refractivity (Wildman–Crippen MR) is 182 cm³/mol. The highest BCUT2D eigenvalue weighted by Gasteiger charge is 2.36. The molecular weight excluding hydrogens is 534 g/mol. The minimum absolute atomic E-state index is 0.0999. The van der Waals surface area contributed by atoms with Gasteiger partial charge in [-0.15, -0.1) is 0 Å². The van der Waals surface area contributed by atoms with Crippen LogP contribution in [0.3, 0.4) is 0 Å². The Morgan fingerprint density at radius 3 is 1.98 bits per heavy atom. The molecule has 0 spiro atoms. The van der Waals surface area contributed by atoms with Gasteiger partial charge in [0, 0.05) is 27.1 Å². The number of benzene rings is 6. The quantitative estimate of drug-likeness (QED) is 0.214. The molecule has 9 rings (SSSR count). The molecule has 0 amide bonds. The zero-order valence-electron chi connectivity index (χ0n) is 24.6. The summed E-state index contributed by atoms with van der Waals surface area (Å²) in [5, 5.41) is 3.47. The number of rotatable bonds is 3. The van der Waals surface area contributed by atoms with E-state index in [1.165, 1.54) is 44.2 Å². The van der Waals surface area contributed by atoms with E-state index in [4.69, 9.17) is 9.97 Å². The fraction of sp³-hybridized carbons (Fsp3) is 0.0732. The molecule has 3 heteroatoms. The Morgan fingerprint density at radius 1 is 0.477 bits per heavy atom. The van der Waals surface area contributed by atoms with E-state index >= 15 is 0 Å². The Morgan fingerprint density at radius 2 is 1.14 bits per heavy atom. The lowest BCUT2D eigenvalue weighted by molar-refractivity contribution is 0.661. The monoisotopic (exact) mass is 563 g/mol. The Balaban J connectivity index is 1.30. The van der Waals surface area contributed by atoms with Gasteiger partial charge in [-0.2, -0.15) is 0 Å². The van der Waals surface area contributed by atoms with Gasteiger partial charge in [-0.25, -0.2) is 9.97 Å². The number of hydrogen-bond donors (Lipinski definition) is 0. The molecule has 44 heavy (non-hydrogen) atoms. The lowest BCUT2D eigenvalue weighted by Crippen LogP contribution is -2.15. The standard InChI is InChI=1S/C41H29N3/c1-41(2)34-17-9-6-14-29(34)32-24-33-30-15-8-11-19-37(30)44(38(33)25-35(32)41)40-42-36-18-10-7-16-31(36)39(43-40)28-22-20-27(21-23-28)26-12-4-3-5-13-26/h3-25H,1-2H3. The summed E-state index contributed by atoms with van der Waals surface area (Å²) in [5.74, 6) is 0.685. The van der Waals surface area contributed by atoms with Gasteiger partial charge in [0.05, 0.1) is 22.2 Å². The SMILES string of the molecule is CC1(C)c2ccccc2-c2cc3c4ccccc4n(-c4nc(-c5ccc(-c6ccccc6)cc5)c5ccccc5n4)c3cc21. The molecule has 0 unspecified atom stereocenters. The molecule has 1 aliphatic carbocycles. The first-order valence-electron chi connectivity index (χ1n) is 15.2. The molecule has 0 aliphatic heterocycles. The van der Waals surface area contributed by atoms with Crippen LogP contribution in [0.15, 0.2) is 140 Å². The lowest BCUT2D eigenvalue weighted by atomic mass is 9.82. The average Bonchev–Trinajstić information content (AvgIpc) is 3.52.